The molecule has 0 radical (unpaired) electrons. The third-order valence-corrected chi connectivity index (χ3v) is 6.20. The standard InChI is InChI=1S/C22H23N5OS/c1-2-18(29-22-25-19(23)13-20(24)26-22)21(28)27-16-9-5-3-7-14(16)11-12-15-8-4-6-10-17(15)27/h3-10,13,18H,2,11-12H2,1H3,(H4,23,24,25,26). The summed E-state index contributed by atoms with van der Waals surface area (Å²) in [6.07, 6.45) is 2.42. The van der Waals surface area contributed by atoms with Gasteiger partial charge in [0, 0.05) is 6.07 Å². The molecule has 29 heavy (non-hydrogen) atoms. The van der Waals surface area contributed by atoms with Crippen molar-refractivity contribution in [1.82, 2.24) is 9.97 Å². The number of nitrogens with zero attached hydrogens (tertiary/aromatic N) is 3. The lowest BCUT2D eigenvalue weighted by atomic mass is 10.0. The number of carbonyl (C=O) groups is 1. The Labute approximate surface area is 174 Å². The molecule has 1 aromatic heterocycles. The Bertz CT molecular complexity index is 987. The normalized spacial score (nSPS) is 13.9. The van der Waals surface area contributed by atoms with E-state index in [1.54, 1.807) is 0 Å². The number of amides is 1. The van der Waals surface area contributed by atoms with E-state index in [-0.39, 0.29) is 11.2 Å². The molecule has 0 spiro atoms. The van der Waals surface area contributed by atoms with Crippen LogP contribution in [-0.4, -0.2) is 21.1 Å². The fourth-order valence-electron chi connectivity index (χ4n) is 3.61. The summed E-state index contributed by atoms with van der Waals surface area (Å²) in [6, 6.07) is 17.7. The minimum Gasteiger partial charge on any atom is -0.383 e. The van der Waals surface area contributed by atoms with Crippen molar-refractivity contribution in [2.75, 3.05) is 16.4 Å². The van der Waals surface area contributed by atoms with Crippen molar-refractivity contribution >= 4 is 40.7 Å². The van der Waals surface area contributed by atoms with Crippen LogP contribution in [-0.2, 0) is 17.6 Å². The molecule has 1 amide bonds. The fraction of sp³-hybridized carbons (Fsp3) is 0.227. The van der Waals surface area contributed by atoms with Crippen LogP contribution in [0.25, 0.3) is 0 Å². The molecule has 0 fully saturated rings. The summed E-state index contributed by atoms with van der Waals surface area (Å²) in [5.41, 5.74) is 15.8. The number of benzene rings is 2. The first-order chi connectivity index (χ1) is 14.1. The third kappa shape index (κ3) is 3.91. The molecule has 2 aromatic carbocycles. The van der Waals surface area contributed by atoms with E-state index in [1.165, 1.54) is 29.0 Å². The highest BCUT2D eigenvalue weighted by Gasteiger charge is 2.31. The maximum Gasteiger partial charge on any atom is 0.245 e. The predicted molar refractivity (Wildman–Crippen MR) is 118 cm³/mol. The molecule has 148 valence electrons. The molecule has 4 N–H and O–H groups in total. The van der Waals surface area contributed by atoms with Gasteiger partial charge >= 0.3 is 0 Å². The van der Waals surface area contributed by atoms with E-state index in [4.69, 9.17) is 11.5 Å². The first-order valence-corrected chi connectivity index (χ1v) is 10.5. The quantitative estimate of drug-likeness (QED) is 0.503. The SMILES string of the molecule is CCC(Sc1nc(N)cc(N)n1)C(=O)N1c2ccccc2CCc2ccccc21. The summed E-state index contributed by atoms with van der Waals surface area (Å²) >= 11 is 1.30. The van der Waals surface area contributed by atoms with Gasteiger partial charge in [0.1, 0.15) is 11.6 Å². The van der Waals surface area contributed by atoms with Crippen LogP contribution in [0.3, 0.4) is 0 Å². The van der Waals surface area contributed by atoms with Crippen molar-refractivity contribution in [2.45, 2.75) is 36.6 Å². The monoisotopic (exact) mass is 405 g/mol. The first kappa shape index (κ1) is 19.3. The highest BCUT2D eigenvalue weighted by molar-refractivity contribution is 8.00. The van der Waals surface area contributed by atoms with Crippen LogP contribution in [0.1, 0.15) is 24.5 Å². The van der Waals surface area contributed by atoms with Gasteiger partial charge in [-0.15, -0.1) is 0 Å². The van der Waals surface area contributed by atoms with Gasteiger partial charge in [-0.3, -0.25) is 9.69 Å². The average molecular weight is 406 g/mol. The lowest BCUT2D eigenvalue weighted by molar-refractivity contribution is -0.117. The Morgan fingerprint density at radius 2 is 1.52 bits per heavy atom. The van der Waals surface area contributed by atoms with Crippen LogP contribution < -0.4 is 16.4 Å². The molecule has 1 unspecified atom stereocenters. The molecule has 0 aliphatic carbocycles. The van der Waals surface area contributed by atoms with Gasteiger partial charge in [0.15, 0.2) is 5.16 Å². The second-order valence-corrected chi connectivity index (χ2v) is 8.12. The number of para-hydroxylation sites is 2. The van der Waals surface area contributed by atoms with Crippen molar-refractivity contribution in [3.63, 3.8) is 0 Å². The van der Waals surface area contributed by atoms with Crippen LogP contribution in [0.15, 0.2) is 59.8 Å². The Morgan fingerprint density at radius 3 is 2.03 bits per heavy atom. The number of thioether (sulfide) groups is 1. The van der Waals surface area contributed by atoms with Crippen molar-refractivity contribution in [2.24, 2.45) is 0 Å². The molecule has 0 bridgehead atoms. The molecule has 0 saturated heterocycles. The summed E-state index contributed by atoms with van der Waals surface area (Å²) in [5.74, 6) is 0.601. The summed E-state index contributed by atoms with van der Waals surface area (Å²) in [4.78, 5) is 24.1. The Kier molecular flexibility index (Phi) is 5.40. The number of nitrogens with two attached hydrogens (primary N) is 2. The Balaban J connectivity index is 1.74. The molecular formula is C22H23N5OS. The highest BCUT2D eigenvalue weighted by Crippen LogP contribution is 2.38. The van der Waals surface area contributed by atoms with Crippen molar-refractivity contribution < 1.29 is 4.79 Å². The van der Waals surface area contributed by atoms with Gasteiger partial charge in [-0.25, -0.2) is 9.97 Å². The van der Waals surface area contributed by atoms with Gasteiger partial charge in [-0.1, -0.05) is 55.1 Å². The number of aromatic nitrogens is 2. The molecule has 2 heterocycles. The molecule has 7 heteroatoms. The first-order valence-electron chi connectivity index (χ1n) is 9.63. The number of fused-ring (bicyclic) bond motifs is 2. The third-order valence-electron chi connectivity index (χ3n) is 4.99. The van der Waals surface area contributed by atoms with Gasteiger partial charge in [0.05, 0.1) is 16.6 Å². The van der Waals surface area contributed by atoms with Gasteiger partial charge < -0.3 is 11.5 Å². The molecule has 3 aromatic rings. The van der Waals surface area contributed by atoms with Gasteiger partial charge in [-0.2, -0.15) is 0 Å². The molecule has 6 nitrogen and oxygen atoms in total. The van der Waals surface area contributed by atoms with E-state index < -0.39 is 0 Å². The lowest BCUT2D eigenvalue weighted by Crippen LogP contribution is -2.34. The van der Waals surface area contributed by atoms with Gasteiger partial charge in [-0.05, 0) is 42.5 Å². The lowest BCUT2D eigenvalue weighted by Gasteiger charge is -2.28. The minimum absolute atomic E-state index is 0.00361. The zero-order valence-electron chi connectivity index (χ0n) is 16.2. The van der Waals surface area contributed by atoms with Crippen molar-refractivity contribution in [3.8, 4) is 0 Å². The van der Waals surface area contributed by atoms with E-state index in [2.05, 4.69) is 22.1 Å². The molecule has 0 saturated carbocycles. The molecule has 1 aliphatic rings. The Morgan fingerprint density at radius 1 is 1.00 bits per heavy atom. The fourth-order valence-corrected chi connectivity index (χ4v) is 4.56. The van der Waals surface area contributed by atoms with Crippen LogP contribution in [0.4, 0.5) is 23.0 Å². The van der Waals surface area contributed by atoms with E-state index in [0.717, 1.165) is 24.2 Å². The van der Waals surface area contributed by atoms with Crippen LogP contribution >= 0.6 is 11.8 Å². The summed E-state index contributed by atoms with van der Waals surface area (Å²) in [7, 11) is 0. The number of anilines is 4. The largest absolute Gasteiger partial charge is 0.383 e. The van der Waals surface area contributed by atoms with Crippen molar-refractivity contribution in [3.05, 3.63) is 65.7 Å². The number of aryl methyl sites for hydroxylation is 2. The smallest absolute Gasteiger partial charge is 0.245 e. The van der Waals surface area contributed by atoms with Crippen LogP contribution in [0.2, 0.25) is 0 Å². The summed E-state index contributed by atoms with van der Waals surface area (Å²) < 4.78 is 0. The zero-order valence-corrected chi connectivity index (χ0v) is 17.0. The summed E-state index contributed by atoms with van der Waals surface area (Å²) in [6.45, 7) is 1.99. The van der Waals surface area contributed by atoms with Crippen LogP contribution in [0.5, 0.6) is 0 Å². The second-order valence-electron chi connectivity index (χ2n) is 6.95. The van der Waals surface area contributed by atoms with E-state index in [1.807, 2.05) is 48.2 Å². The summed E-state index contributed by atoms with van der Waals surface area (Å²) in [5, 5.41) is 0.0505. The van der Waals surface area contributed by atoms with E-state index >= 15 is 0 Å². The minimum atomic E-state index is -0.365. The number of hydrogen-bond acceptors (Lipinski definition) is 6. The van der Waals surface area contributed by atoms with Gasteiger partial charge in [0.2, 0.25) is 5.91 Å². The van der Waals surface area contributed by atoms with E-state index in [9.17, 15) is 4.79 Å². The second kappa shape index (κ2) is 8.13. The highest BCUT2D eigenvalue weighted by atomic mass is 32.2. The number of rotatable bonds is 4. The van der Waals surface area contributed by atoms with Crippen molar-refractivity contribution in [1.29, 1.82) is 0 Å². The maximum atomic E-state index is 13.8. The van der Waals surface area contributed by atoms with Crippen LogP contribution in [0, 0.1) is 0 Å². The average Bonchev–Trinajstić information content (AvgIpc) is 2.88. The molecule has 1 aliphatic heterocycles. The molecule has 4 rings (SSSR count). The Hall–Kier alpha value is -3.06. The predicted octanol–water partition coefficient (Wildman–Crippen LogP) is 3.98. The van der Waals surface area contributed by atoms with E-state index in [0.29, 0.717) is 23.2 Å². The van der Waals surface area contributed by atoms with Gasteiger partial charge in [0.25, 0.3) is 0 Å². The maximum absolute atomic E-state index is 13.8. The zero-order chi connectivity index (χ0) is 20.4. The number of carbonyl (C=O) groups excluding carboxylic acids is 1. The number of nitrogen functional groups attached to an aromatic ring is 2. The topological polar surface area (TPSA) is 98.1 Å². The number of hydrogen-bond donors (Lipinski definition) is 2. The molecular weight excluding hydrogens is 382 g/mol. The molecule has 1 atom stereocenters.